The summed E-state index contributed by atoms with van der Waals surface area (Å²) in [6.45, 7) is 6.75. The number of carbonyl (C=O) groups excluding carboxylic acids is 2. The van der Waals surface area contributed by atoms with E-state index in [2.05, 4.69) is 24.5 Å². The largest absolute Gasteiger partial charge is 0.324 e. The highest BCUT2D eigenvalue weighted by Crippen LogP contribution is 2.29. The quantitative estimate of drug-likeness (QED) is 0.581. The summed E-state index contributed by atoms with van der Waals surface area (Å²) in [5, 5.41) is 6.50. The van der Waals surface area contributed by atoms with Crippen LogP contribution in [-0.4, -0.2) is 36.3 Å². The highest BCUT2D eigenvalue weighted by Gasteiger charge is 2.17. The first-order valence-electron chi connectivity index (χ1n) is 9.76. The molecule has 0 unspecified atom stereocenters. The smallest absolute Gasteiger partial charge is 0.238 e. The third kappa shape index (κ3) is 6.46. The van der Waals surface area contributed by atoms with Crippen molar-refractivity contribution in [1.29, 1.82) is 0 Å². The molecule has 29 heavy (non-hydrogen) atoms. The van der Waals surface area contributed by atoms with Crippen LogP contribution in [0.25, 0.3) is 0 Å². The number of para-hydroxylation sites is 2. The van der Waals surface area contributed by atoms with Gasteiger partial charge >= 0.3 is 0 Å². The molecule has 2 rings (SSSR count). The maximum absolute atomic E-state index is 12.6. The molecule has 0 aliphatic carbocycles. The standard InChI is InChI=1S/C22H27Cl2N3O2/c1-4-15-9-7-10-16(5-2)21(15)25-19(28)13-27(6-3)14-20(29)26-22-17(23)11-8-12-18(22)24/h7-12H,4-6,13-14H2,1-3H3,(H,25,28)(H,26,29). The van der Waals surface area contributed by atoms with Crippen LogP contribution in [0.3, 0.4) is 0 Å². The second kappa shape index (κ2) is 11.2. The van der Waals surface area contributed by atoms with Crippen LogP contribution in [0.5, 0.6) is 0 Å². The molecule has 7 heteroatoms. The van der Waals surface area contributed by atoms with E-state index in [4.69, 9.17) is 23.2 Å². The highest BCUT2D eigenvalue weighted by molar-refractivity contribution is 6.39. The van der Waals surface area contributed by atoms with Gasteiger partial charge in [-0.1, -0.05) is 68.2 Å². The molecule has 0 fully saturated rings. The Morgan fingerprint density at radius 3 is 1.69 bits per heavy atom. The van der Waals surface area contributed by atoms with E-state index in [1.54, 1.807) is 23.1 Å². The number of nitrogens with zero attached hydrogens (tertiary/aromatic N) is 1. The van der Waals surface area contributed by atoms with Crippen molar-refractivity contribution in [3.63, 3.8) is 0 Å². The van der Waals surface area contributed by atoms with E-state index in [9.17, 15) is 9.59 Å². The average Bonchev–Trinajstić information content (AvgIpc) is 2.70. The second-order valence-electron chi connectivity index (χ2n) is 6.65. The number of likely N-dealkylation sites (N-methyl/N-ethyl adjacent to an activating group) is 1. The van der Waals surface area contributed by atoms with Gasteiger partial charge in [-0.05, 0) is 42.6 Å². The first kappa shape index (κ1) is 23.2. The van der Waals surface area contributed by atoms with Crippen molar-refractivity contribution in [1.82, 2.24) is 4.90 Å². The molecule has 0 bridgehead atoms. The van der Waals surface area contributed by atoms with Crippen LogP contribution in [0, 0.1) is 0 Å². The molecule has 0 heterocycles. The molecule has 2 N–H and O–H groups in total. The maximum atomic E-state index is 12.6. The number of aryl methyl sites for hydroxylation is 2. The minimum Gasteiger partial charge on any atom is -0.324 e. The second-order valence-corrected chi connectivity index (χ2v) is 7.47. The molecule has 156 valence electrons. The van der Waals surface area contributed by atoms with E-state index >= 15 is 0 Å². The van der Waals surface area contributed by atoms with Gasteiger partial charge in [-0.25, -0.2) is 0 Å². The van der Waals surface area contributed by atoms with Gasteiger partial charge in [-0.15, -0.1) is 0 Å². The molecule has 0 atom stereocenters. The minimum atomic E-state index is -0.280. The molecular weight excluding hydrogens is 409 g/mol. The normalized spacial score (nSPS) is 10.8. The number of amides is 2. The first-order valence-corrected chi connectivity index (χ1v) is 10.5. The summed E-state index contributed by atoms with van der Waals surface area (Å²) in [4.78, 5) is 26.8. The van der Waals surface area contributed by atoms with Crippen molar-refractivity contribution < 1.29 is 9.59 Å². The fourth-order valence-electron chi connectivity index (χ4n) is 3.06. The van der Waals surface area contributed by atoms with Crippen molar-refractivity contribution in [2.24, 2.45) is 0 Å². The maximum Gasteiger partial charge on any atom is 0.238 e. The number of anilines is 2. The lowest BCUT2D eigenvalue weighted by Crippen LogP contribution is -2.39. The molecule has 0 saturated carbocycles. The van der Waals surface area contributed by atoms with Crippen LogP contribution in [0.1, 0.15) is 31.9 Å². The predicted octanol–water partition coefficient (Wildman–Crippen LogP) is 5.02. The van der Waals surface area contributed by atoms with Crippen LogP contribution in [0.15, 0.2) is 36.4 Å². The molecule has 0 spiro atoms. The van der Waals surface area contributed by atoms with Crippen LogP contribution < -0.4 is 10.6 Å². The lowest BCUT2D eigenvalue weighted by molar-refractivity contribution is -0.119. The Hall–Kier alpha value is -2.08. The van der Waals surface area contributed by atoms with E-state index in [1.165, 1.54) is 0 Å². The van der Waals surface area contributed by atoms with E-state index in [0.717, 1.165) is 29.7 Å². The van der Waals surface area contributed by atoms with Gasteiger partial charge in [0.25, 0.3) is 0 Å². The van der Waals surface area contributed by atoms with Gasteiger partial charge in [-0.2, -0.15) is 0 Å². The van der Waals surface area contributed by atoms with Crippen LogP contribution in [0.2, 0.25) is 10.0 Å². The highest BCUT2D eigenvalue weighted by atomic mass is 35.5. The molecule has 2 aromatic carbocycles. The number of hydrogen-bond acceptors (Lipinski definition) is 3. The van der Waals surface area contributed by atoms with Crippen molar-refractivity contribution in [2.45, 2.75) is 33.6 Å². The Morgan fingerprint density at radius 2 is 1.24 bits per heavy atom. The fourth-order valence-corrected chi connectivity index (χ4v) is 3.56. The van der Waals surface area contributed by atoms with Crippen LogP contribution in [-0.2, 0) is 22.4 Å². The topological polar surface area (TPSA) is 61.4 Å². The zero-order valence-electron chi connectivity index (χ0n) is 17.0. The first-order chi connectivity index (χ1) is 13.9. The van der Waals surface area contributed by atoms with Gasteiger partial charge in [0.2, 0.25) is 11.8 Å². The summed E-state index contributed by atoms with van der Waals surface area (Å²) < 4.78 is 0. The summed E-state index contributed by atoms with van der Waals surface area (Å²) in [7, 11) is 0. The van der Waals surface area contributed by atoms with E-state index < -0.39 is 0 Å². The zero-order chi connectivity index (χ0) is 21.4. The number of nitrogens with one attached hydrogen (secondary N) is 2. The molecule has 0 aliphatic rings. The van der Waals surface area contributed by atoms with Crippen LogP contribution >= 0.6 is 23.2 Å². The van der Waals surface area contributed by atoms with Gasteiger partial charge in [0.1, 0.15) is 0 Å². The van der Waals surface area contributed by atoms with Crippen molar-refractivity contribution >= 4 is 46.4 Å². The molecular formula is C22H27Cl2N3O2. The summed E-state index contributed by atoms with van der Waals surface area (Å²) in [6.07, 6.45) is 1.67. The van der Waals surface area contributed by atoms with Gasteiger partial charge in [0.05, 0.1) is 28.8 Å². The van der Waals surface area contributed by atoms with Crippen LogP contribution in [0.4, 0.5) is 11.4 Å². The molecule has 0 radical (unpaired) electrons. The summed E-state index contributed by atoms with van der Waals surface area (Å²) >= 11 is 12.2. The van der Waals surface area contributed by atoms with Gasteiger partial charge in [-0.3, -0.25) is 14.5 Å². The Balaban J connectivity index is 2.01. The predicted molar refractivity (Wildman–Crippen MR) is 121 cm³/mol. The third-order valence-electron chi connectivity index (χ3n) is 4.67. The molecule has 2 amide bonds. The molecule has 5 nitrogen and oxygen atoms in total. The minimum absolute atomic E-state index is 0.0571. The molecule has 2 aromatic rings. The third-order valence-corrected chi connectivity index (χ3v) is 5.30. The SMILES string of the molecule is CCc1cccc(CC)c1NC(=O)CN(CC)CC(=O)Nc1c(Cl)cccc1Cl. The summed E-state index contributed by atoms with van der Waals surface area (Å²) in [5.74, 6) is -0.427. The van der Waals surface area contributed by atoms with Crippen molar-refractivity contribution in [2.75, 3.05) is 30.3 Å². The molecule has 0 aromatic heterocycles. The Morgan fingerprint density at radius 1 is 0.793 bits per heavy atom. The molecule has 0 saturated heterocycles. The number of rotatable bonds is 9. The number of halogens is 2. The monoisotopic (exact) mass is 435 g/mol. The van der Waals surface area contributed by atoms with E-state index in [1.807, 2.05) is 25.1 Å². The lowest BCUT2D eigenvalue weighted by atomic mass is 10.0. The van der Waals surface area contributed by atoms with Crippen molar-refractivity contribution in [3.05, 3.63) is 57.6 Å². The number of carbonyl (C=O) groups is 2. The average molecular weight is 436 g/mol. The Bertz CT molecular complexity index is 829. The van der Waals surface area contributed by atoms with Crippen molar-refractivity contribution in [3.8, 4) is 0 Å². The number of hydrogen-bond donors (Lipinski definition) is 2. The zero-order valence-corrected chi connectivity index (χ0v) is 18.5. The lowest BCUT2D eigenvalue weighted by Gasteiger charge is -2.21. The number of benzene rings is 2. The van der Waals surface area contributed by atoms with E-state index in [-0.39, 0.29) is 24.9 Å². The summed E-state index contributed by atoms with van der Waals surface area (Å²) in [5.41, 5.74) is 3.47. The van der Waals surface area contributed by atoms with Gasteiger partial charge in [0, 0.05) is 5.69 Å². The fraction of sp³-hybridized carbons (Fsp3) is 0.364. The Kier molecular flexibility index (Phi) is 8.96. The Labute approximate surface area is 182 Å². The molecule has 0 aliphatic heterocycles. The van der Waals surface area contributed by atoms with Gasteiger partial charge < -0.3 is 10.6 Å². The van der Waals surface area contributed by atoms with E-state index in [0.29, 0.717) is 22.3 Å². The summed E-state index contributed by atoms with van der Waals surface area (Å²) in [6, 6.07) is 11.1. The van der Waals surface area contributed by atoms with Gasteiger partial charge in [0.15, 0.2) is 0 Å².